The zero-order valence-corrected chi connectivity index (χ0v) is 36.5. The van der Waals surface area contributed by atoms with Crippen LogP contribution in [0.5, 0.6) is 0 Å². The van der Waals surface area contributed by atoms with E-state index in [1.165, 1.54) is 38.4 Å². The lowest BCUT2D eigenvalue weighted by atomic mass is 9.32. The van der Waals surface area contributed by atoms with Crippen LogP contribution in [0.25, 0.3) is 0 Å². The summed E-state index contributed by atoms with van der Waals surface area (Å²) >= 11 is 0. The van der Waals surface area contributed by atoms with Crippen LogP contribution in [0.15, 0.2) is 12.2 Å². The first-order valence-electron chi connectivity index (χ1n) is 22.3. The number of fused-ring (bicyclic) bond motifs is 7. The number of carbonyl (C=O) groups excluding carboxylic acids is 4. The first kappa shape index (κ1) is 43.7. The number of amides is 2. The van der Waals surface area contributed by atoms with Crippen molar-refractivity contribution < 1.29 is 28.7 Å². The fraction of sp³-hybridized carbons (Fsp3) is 0.872. The van der Waals surface area contributed by atoms with Crippen molar-refractivity contribution in [3.63, 3.8) is 0 Å². The van der Waals surface area contributed by atoms with Crippen LogP contribution in [0, 0.1) is 62.6 Å². The van der Waals surface area contributed by atoms with Gasteiger partial charge >= 0.3 is 11.9 Å². The molecule has 0 spiro atoms. The van der Waals surface area contributed by atoms with Crippen molar-refractivity contribution in [1.29, 1.82) is 0 Å². The van der Waals surface area contributed by atoms with Crippen LogP contribution >= 0.6 is 0 Å². The van der Waals surface area contributed by atoms with Crippen molar-refractivity contribution in [3.8, 4) is 0 Å². The Bertz CT molecular complexity index is 1440. The second kappa shape index (κ2) is 16.8. The molecule has 312 valence electrons. The van der Waals surface area contributed by atoms with Crippen LogP contribution in [0.3, 0.4) is 0 Å². The summed E-state index contributed by atoms with van der Waals surface area (Å²) in [6.07, 6.45) is 16.7. The van der Waals surface area contributed by atoms with Gasteiger partial charge in [-0.05, 0) is 142 Å². The molecule has 5 rings (SSSR count). The molecule has 0 aromatic rings. The van der Waals surface area contributed by atoms with E-state index in [2.05, 4.69) is 58.8 Å². The first-order chi connectivity index (χ1) is 25.8. The number of unbranched alkanes of at least 4 members (excludes halogenated alkanes) is 4. The van der Waals surface area contributed by atoms with Gasteiger partial charge in [0.2, 0.25) is 11.8 Å². The van der Waals surface area contributed by atoms with Gasteiger partial charge in [-0.15, -0.1) is 0 Å². The van der Waals surface area contributed by atoms with E-state index in [9.17, 15) is 19.2 Å². The Morgan fingerprint density at radius 3 is 2.13 bits per heavy atom. The molecule has 0 aliphatic heterocycles. The third-order valence-corrected chi connectivity index (χ3v) is 17.2. The maximum Gasteiger partial charge on any atom is 0.328 e. The quantitative estimate of drug-likeness (QED) is 0.0976. The molecule has 5 fully saturated rings. The average molecular weight is 767 g/mol. The van der Waals surface area contributed by atoms with Gasteiger partial charge in [-0.2, -0.15) is 0 Å². The van der Waals surface area contributed by atoms with E-state index in [1.54, 1.807) is 6.92 Å². The summed E-state index contributed by atoms with van der Waals surface area (Å²) in [5.74, 6) is 2.33. The Morgan fingerprint density at radius 2 is 1.47 bits per heavy atom. The molecule has 11 atom stereocenters. The largest absolute Gasteiger partial charge is 0.467 e. The van der Waals surface area contributed by atoms with Crippen LogP contribution in [0.2, 0.25) is 0 Å². The molecule has 55 heavy (non-hydrogen) atoms. The predicted molar refractivity (Wildman–Crippen MR) is 219 cm³/mol. The minimum atomic E-state index is -0.584. The van der Waals surface area contributed by atoms with E-state index in [4.69, 9.17) is 9.47 Å². The highest BCUT2D eigenvalue weighted by Gasteiger charge is 2.72. The molecule has 0 aromatic carbocycles. The lowest BCUT2D eigenvalue weighted by molar-refractivity contribution is -0.248. The maximum absolute atomic E-state index is 14.5. The van der Waals surface area contributed by atoms with Crippen molar-refractivity contribution >= 4 is 23.8 Å². The number of nitrogens with one attached hydrogen (secondary N) is 2. The zero-order valence-electron chi connectivity index (χ0n) is 36.5. The SMILES string of the molecule is C=C(C)[C@@H]1CC[C@]2(C(=O)NCCCCCCCC(=O)NC(CC(C)C)C(=O)OC)CC[C@]3(C)[C@H](CCC4[C@@]5(C)CCC(OC(C)=O)C(C)(C)[C@@H]5CC[C@]43C)[C@@H]12. The maximum atomic E-state index is 14.5. The van der Waals surface area contributed by atoms with Crippen molar-refractivity contribution in [2.24, 2.45) is 62.6 Å². The summed E-state index contributed by atoms with van der Waals surface area (Å²) < 4.78 is 10.8. The standard InChI is InChI=1S/C47H78N2O6/c1-30(2)29-35(41(52)54-11)49-39(51)17-15-13-12-14-16-28-48-42(53)47-25-20-33(31(3)4)40(47)34-18-19-37-44(8)23-22-38(55-32(5)50)43(6,7)36(44)21-24-46(37,10)45(34,9)26-27-47/h30,33-38,40H,3,12-29H2,1-2,4-11H3,(H,48,53)(H,49,51)/t33-,34+,35?,36-,37?,38?,40+,44-,45+,46+,47-/m0/s1. The van der Waals surface area contributed by atoms with Gasteiger partial charge in [0.25, 0.3) is 0 Å². The summed E-state index contributed by atoms with van der Waals surface area (Å²) in [5.41, 5.74) is 1.48. The molecule has 0 saturated heterocycles. The van der Waals surface area contributed by atoms with E-state index in [1.807, 2.05) is 13.8 Å². The van der Waals surface area contributed by atoms with Crippen LogP contribution in [-0.4, -0.2) is 49.6 Å². The normalized spacial score (nSPS) is 38.0. The third kappa shape index (κ3) is 8.05. The summed E-state index contributed by atoms with van der Waals surface area (Å²) in [4.78, 5) is 51.2. The summed E-state index contributed by atoms with van der Waals surface area (Å²) in [5, 5.41) is 6.33. The number of esters is 2. The molecule has 8 heteroatoms. The Balaban J connectivity index is 1.18. The molecule has 5 aliphatic rings. The molecule has 5 aliphatic carbocycles. The number of ether oxygens (including phenoxy) is 2. The summed E-state index contributed by atoms with van der Waals surface area (Å²) in [6.45, 7) is 25.6. The molecule has 0 radical (unpaired) electrons. The van der Waals surface area contributed by atoms with Gasteiger partial charge in [0.15, 0.2) is 0 Å². The highest BCUT2D eigenvalue weighted by atomic mass is 16.5. The van der Waals surface area contributed by atoms with Crippen molar-refractivity contribution in [2.45, 2.75) is 184 Å². The smallest absolute Gasteiger partial charge is 0.328 e. The number of hydrogen-bond acceptors (Lipinski definition) is 6. The number of rotatable bonds is 15. The molecular weight excluding hydrogens is 689 g/mol. The third-order valence-electron chi connectivity index (χ3n) is 17.2. The van der Waals surface area contributed by atoms with Gasteiger partial charge in [0.1, 0.15) is 12.1 Å². The van der Waals surface area contributed by atoms with Crippen molar-refractivity contribution in [2.75, 3.05) is 13.7 Å². The lowest BCUT2D eigenvalue weighted by Gasteiger charge is -2.72. The molecule has 2 amide bonds. The van der Waals surface area contributed by atoms with E-state index in [-0.39, 0.29) is 62.8 Å². The van der Waals surface area contributed by atoms with Gasteiger partial charge in [-0.3, -0.25) is 14.4 Å². The van der Waals surface area contributed by atoms with Crippen LogP contribution in [0.1, 0.15) is 171 Å². The average Bonchev–Trinajstić information content (AvgIpc) is 3.51. The molecule has 0 heterocycles. The van der Waals surface area contributed by atoms with Crippen LogP contribution < -0.4 is 10.6 Å². The fourth-order valence-corrected chi connectivity index (χ4v) is 14.3. The van der Waals surface area contributed by atoms with Crippen LogP contribution in [0.4, 0.5) is 0 Å². The first-order valence-corrected chi connectivity index (χ1v) is 22.3. The minimum absolute atomic E-state index is 0.00989. The van der Waals surface area contributed by atoms with Crippen molar-refractivity contribution in [3.05, 3.63) is 12.2 Å². The predicted octanol–water partition coefficient (Wildman–Crippen LogP) is 9.74. The number of hydrogen-bond donors (Lipinski definition) is 2. The Kier molecular flexibility index (Phi) is 13.4. The van der Waals surface area contributed by atoms with E-state index in [0.29, 0.717) is 49.0 Å². The summed E-state index contributed by atoms with van der Waals surface area (Å²) in [7, 11) is 1.36. The van der Waals surface area contributed by atoms with Gasteiger partial charge in [-0.1, -0.05) is 79.9 Å². The topological polar surface area (TPSA) is 111 Å². The van der Waals surface area contributed by atoms with Crippen LogP contribution in [-0.2, 0) is 28.7 Å². The van der Waals surface area contributed by atoms with Gasteiger partial charge in [-0.25, -0.2) is 4.79 Å². The van der Waals surface area contributed by atoms with Gasteiger partial charge in [0.05, 0.1) is 12.5 Å². The second-order valence-corrected chi connectivity index (χ2v) is 20.8. The van der Waals surface area contributed by atoms with E-state index >= 15 is 0 Å². The highest BCUT2D eigenvalue weighted by Crippen LogP contribution is 2.77. The molecular formula is C47H78N2O6. The molecule has 0 aromatic heterocycles. The van der Waals surface area contributed by atoms with Crippen molar-refractivity contribution in [1.82, 2.24) is 10.6 Å². The zero-order chi connectivity index (χ0) is 40.6. The molecule has 0 bridgehead atoms. The highest BCUT2D eigenvalue weighted by molar-refractivity contribution is 5.84. The monoisotopic (exact) mass is 767 g/mol. The second-order valence-electron chi connectivity index (χ2n) is 20.8. The lowest BCUT2D eigenvalue weighted by Crippen LogP contribution is -2.67. The Hall–Kier alpha value is -2.38. The molecule has 8 nitrogen and oxygen atoms in total. The minimum Gasteiger partial charge on any atom is -0.467 e. The van der Waals surface area contributed by atoms with E-state index < -0.39 is 6.04 Å². The summed E-state index contributed by atoms with van der Waals surface area (Å²) in [6, 6.07) is -0.584. The Morgan fingerprint density at radius 1 is 0.782 bits per heavy atom. The van der Waals surface area contributed by atoms with Gasteiger partial charge < -0.3 is 20.1 Å². The molecule has 3 unspecified atom stereocenters. The molecule has 2 N–H and O–H groups in total. The fourth-order valence-electron chi connectivity index (χ4n) is 14.3. The Labute approximate surface area is 334 Å². The molecule has 5 saturated carbocycles. The number of carbonyl (C=O) groups is 4. The number of allylic oxidation sites excluding steroid dienone is 1. The number of methoxy groups -OCH3 is 1. The van der Waals surface area contributed by atoms with Gasteiger partial charge in [0, 0.05) is 25.3 Å². The van der Waals surface area contributed by atoms with E-state index in [0.717, 1.165) is 70.6 Å².